The smallest absolute Gasteiger partial charge is 0.230 e. The topological polar surface area (TPSA) is 182 Å². The van der Waals surface area contributed by atoms with E-state index in [4.69, 9.17) is 22.3 Å². The molecule has 0 aromatic heterocycles. The largest absolute Gasteiger partial charge is 0.370 e. The highest BCUT2D eigenvalue weighted by Gasteiger charge is 2.74. The molecule has 6 rings (SSSR count). The third-order valence-electron chi connectivity index (χ3n) is 7.97. The van der Waals surface area contributed by atoms with E-state index in [1.807, 2.05) is 48.5 Å². The molecule has 4 aliphatic carbocycles. The lowest BCUT2D eigenvalue weighted by Crippen LogP contribution is -2.70. The first kappa shape index (κ1) is 25.3. The Morgan fingerprint density at radius 1 is 0.842 bits per heavy atom. The molecule has 0 spiro atoms. The number of hydrogen-bond acceptors (Lipinski definition) is 4. The number of nitrogens with two attached hydrogens (primary N) is 2. The molecule has 0 saturated heterocycles. The molecule has 10 nitrogen and oxygen atoms in total. The number of allylic oxidation sites excluding steroid dienone is 1. The minimum atomic E-state index is -0.460. The standard InChI is InChI=1S/C28H34N8O2/c29-25(30)33-13-17-1-7-20(8-2-17)34-23(37)27-14-28(15-27,16-27)24(38)35-21-9-3-18(4-10-21)19-5-11-22(12-6-19)36-26(31)32/h1-5,7-10,22H,6,11-16H2,(H,34,37)(H,35,38)(H4,29,30,33)(H4,31,32,36). The van der Waals surface area contributed by atoms with Crippen molar-refractivity contribution in [2.75, 3.05) is 10.6 Å². The maximum absolute atomic E-state index is 13.0. The fraction of sp³-hybridized carbons (Fsp3) is 0.357. The number of benzene rings is 2. The lowest BCUT2D eigenvalue weighted by atomic mass is 9.34. The van der Waals surface area contributed by atoms with E-state index in [1.165, 1.54) is 5.57 Å². The van der Waals surface area contributed by atoms with Crippen LogP contribution in [-0.2, 0) is 16.1 Å². The normalized spacial score (nSPS) is 25.1. The third kappa shape index (κ3) is 5.06. The van der Waals surface area contributed by atoms with Crippen LogP contribution in [-0.4, -0.2) is 29.8 Å². The van der Waals surface area contributed by atoms with E-state index >= 15 is 0 Å². The van der Waals surface area contributed by atoms with Crippen LogP contribution in [0.5, 0.6) is 0 Å². The maximum atomic E-state index is 13.0. The molecule has 10 heteroatoms. The minimum Gasteiger partial charge on any atom is -0.370 e. The van der Waals surface area contributed by atoms with Gasteiger partial charge in [-0.15, -0.1) is 0 Å². The first-order valence-corrected chi connectivity index (χ1v) is 12.9. The highest BCUT2D eigenvalue weighted by molar-refractivity contribution is 6.05. The molecule has 0 aliphatic heterocycles. The Kier molecular flexibility index (Phi) is 6.56. The van der Waals surface area contributed by atoms with E-state index in [-0.39, 0.29) is 29.8 Å². The molecule has 3 fully saturated rings. The van der Waals surface area contributed by atoms with Crippen LogP contribution in [0.4, 0.5) is 11.4 Å². The first-order valence-electron chi connectivity index (χ1n) is 12.9. The molecule has 198 valence electrons. The summed E-state index contributed by atoms with van der Waals surface area (Å²) >= 11 is 0. The zero-order valence-electron chi connectivity index (χ0n) is 21.2. The summed E-state index contributed by atoms with van der Waals surface area (Å²) in [7, 11) is 0. The molecule has 1 unspecified atom stereocenters. The number of carbonyl (C=O) groups is 2. The summed E-state index contributed by atoms with van der Waals surface area (Å²) in [6, 6.07) is 15.5. The number of amides is 2. The summed E-state index contributed by atoms with van der Waals surface area (Å²) in [5.74, 6) is -0.130. The van der Waals surface area contributed by atoms with E-state index in [0.29, 0.717) is 31.5 Å². The van der Waals surface area contributed by atoms with Gasteiger partial charge < -0.3 is 32.7 Å². The van der Waals surface area contributed by atoms with Crippen LogP contribution in [0.25, 0.3) is 5.57 Å². The number of carbonyl (C=O) groups excluding carboxylic acids is 2. The molecular weight excluding hydrogens is 480 g/mol. The Balaban J connectivity index is 1.10. The van der Waals surface area contributed by atoms with Crippen molar-refractivity contribution >= 4 is 40.7 Å². The van der Waals surface area contributed by atoms with Crippen molar-refractivity contribution in [3.8, 4) is 0 Å². The van der Waals surface area contributed by atoms with Gasteiger partial charge in [-0.2, -0.15) is 0 Å². The number of anilines is 2. The van der Waals surface area contributed by atoms with Crippen molar-refractivity contribution in [1.29, 1.82) is 10.8 Å². The molecular formula is C28H34N8O2. The third-order valence-corrected chi connectivity index (χ3v) is 7.97. The fourth-order valence-electron chi connectivity index (χ4n) is 5.92. The van der Waals surface area contributed by atoms with Gasteiger partial charge in [-0.1, -0.05) is 30.3 Å². The van der Waals surface area contributed by atoms with Crippen molar-refractivity contribution in [3.05, 3.63) is 65.7 Å². The summed E-state index contributed by atoms with van der Waals surface area (Å²) in [5, 5.41) is 26.4. The van der Waals surface area contributed by atoms with Crippen LogP contribution in [0.3, 0.4) is 0 Å². The van der Waals surface area contributed by atoms with Crippen molar-refractivity contribution in [1.82, 2.24) is 10.6 Å². The van der Waals surface area contributed by atoms with Crippen LogP contribution < -0.4 is 32.7 Å². The van der Waals surface area contributed by atoms with Gasteiger partial charge in [0.2, 0.25) is 11.8 Å². The maximum Gasteiger partial charge on any atom is 0.230 e. The second kappa shape index (κ2) is 9.85. The van der Waals surface area contributed by atoms with Crippen LogP contribution in [0.2, 0.25) is 0 Å². The van der Waals surface area contributed by atoms with Gasteiger partial charge in [0, 0.05) is 24.0 Å². The second-order valence-corrected chi connectivity index (χ2v) is 10.8. The van der Waals surface area contributed by atoms with Gasteiger partial charge >= 0.3 is 0 Å². The summed E-state index contributed by atoms with van der Waals surface area (Å²) in [4.78, 5) is 25.9. The zero-order chi connectivity index (χ0) is 26.9. The van der Waals surface area contributed by atoms with Gasteiger partial charge in [0.05, 0.1) is 10.8 Å². The quantitative estimate of drug-likeness (QED) is 0.198. The number of guanidine groups is 2. The highest BCUT2D eigenvalue weighted by atomic mass is 16.2. The molecule has 1 atom stereocenters. The molecule has 10 N–H and O–H groups in total. The Labute approximate surface area is 221 Å². The predicted molar refractivity (Wildman–Crippen MR) is 148 cm³/mol. The van der Waals surface area contributed by atoms with Gasteiger partial charge in [-0.05, 0) is 79.5 Å². The molecule has 2 aromatic carbocycles. The van der Waals surface area contributed by atoms with Crippen LogP contribution >= 0.6 is 0 Å². The fourth-order valence-corrected chi connectivity index (χ4v) is 5.92. The van der Waals surface area contributed by atoms with E-state index < -0.39 is 10.8 Å². The lowest BCUT2D eigenvalue weighted by Gasteiger charge is -2.67. The van der Waals surface area contributed by atoms with Gasteiger partial charge in [0.25, 0.3) is 0 Å². The monoisotopic (exact) mass is 514 g/mol. The zero-order valence-corrected chi connectivity index (χ0v) is 21.2. The van der Waals surface area contributed by atoms with Crippen LogP contribution in [0, 0.1) is 21.6 Å². The minimum absolute atomic E-state index is 0.00750. The lowest BCUT2D eigenvalue weighted by molar-refractivity contribution is -0.201. The van der Waals surface area contributed by atoms with Crippen molar-refractivity contribution < 1.29 is 9.59 Å². The van der Waals surface area contributed by atoms with Gasteiger partial charge in [-0.25, -0.2) is 0 Å². The molecule has 2 bridgehead atoms. The Bertz CT molecular complexity index is 1280. The molecule has 3 saturated carbocycles. The van der Waals surface area contributed by atoms with Gasteiger partial charge in [0.1, 0.15) is 0 Å². The Morgan fingerprint density at radius 2 is 1.39 bits per heavy atom. The summed E-state index contributed by atoms with van der Waals surface area (Å²) in [6.45, 7) is 0.450. The van der Waals surface area contributed by atoms with Crippen molar-refractivity contribution in [3.63, 3.8) is 0 Å². The Morgan fingerprint density at radius 3 is 1.87 bits per heavy atom. The summed E-state index contributed by atoms with van der Waals surface area (Å²) in [5.41, 5.74) is 14.7. The van der Waals surface area contributed by atoms with Crippen LogP contribution in [0.1, 0.15) is 49.7 Å². The van der Waals surface area contributed by atoms with Crippen LogP contribution in [0.15, 0.2) is 54.6 Å². The average molecular weight is 515 g/mol. The number of hydrogen-bond donors (Lipinski definition) is 8. The van der Waals surface area contributed by atoms with Gasteiger partial charge in [0.15, 0.2) is 11.9 Å². The molecule has 2 aromatic rings. The van der Waals surface area contributed by atoms with E-state index in [9.17, 15) is 9.59 Å². The highest BCUT2D eigenvalue weighted by Crippen LogP contribution is 2.73. The molecule has 2 amide bonds. The van der Waals surface area contributed by atoms with E-state index in [0.717, 1.165) is 36.1 Å². The van der Waals surface area contributed by atoms with E-state index in [2.05, 4.69) is 27.3 Å². The molecule has 0 radical (unpaired) electrons. The average Bonchev–Trinajstić information content (AvgIpc) is 2.82. The molecule has 0 heterocycles. The summed E-state index contributed by atoms with van der Waals surface area (Å²) in [6.07, 6.45) is 6.55. The van der Waals surface area contributed by atoms with Crippen molar-refractivity contribution in [2.24, 2.45) is 22.3 Å². The summed E-state index contributed by atoms with van der Waals surface area (Å²) < 4.78 is 0. The van der Waals surface area contributed by atoms with Crippen molar-refractivity contribution in [2.45, 2.75) is 51.1 Å². The Hall–Kier alpha value is -4.34. The predicted octanol–water partition coefficient (Wildman–Crippen LogP) is 2.84. The second-order valence-electron chi connectivity index (χ2n) is 10.8. The van der Waals surface area contributed by atoms with E-state index in [1.54, 1.807) is 0 Å². The SMILES string of the molecule is N=C(N)NCc1ccc(NC(=O)C23CC(C(=O)Nc4ccc(C5=CCC(NC(=N)N)CC5)cc4)(C2)C3)cc1. The number of rotatable bonds is 8. The van der Waals surface area contributed by atoms with Gasteiger partial charge in [-0.3, -0.25) is 20.4 Å². The molecule has 4 aliphatic rings. The first-order chi connectivity index (χ1) is 18.2. The molecule has 38 heavy (non-hydrogen) atoms. The number of nitrogens with one attached hydrogen (secondary N) is 6.